The van der Waals surface area contributed by atoms with Gasteiger partial charge in [0.25, 0.3) is 0 Å². The van der Waals surface area contributed by atoms with Crippen molar-refractivity contribution in [2.75, 3.05) is 13.1 Å². The maximum absolute atomic E-state index is 12.1. The van der Waals surface area contributed by atoms with E-state index in [-0.39, 0.29) is 5.91 Å². The van der Waals surface area contributed by atoms with Crippen molar-refractivity contribution in [1.82, 2.24) is 14.3 Å². The molecule has 0 bridgehead atoms. The number of amides is 1. The highest BCUT2D eigenvalue weighted by molar-refractivity contribution is 7.15. The monoisotopic (exact) mass is 307 g/mol. The maximum Gasteiger partial charge on any atom is 0.247 e. The minimum atomic E-state index is -0.119. The molecule has 0 fully saturated rings. The predicted octanol–water partition coefficient (Wildman–Crippen LogP) is 3.26. The summed E-state index contributed by atoms with van der Waals surface area (Å²) >= 11 is 7.55. The van der Waals surface area contributed by atoms with E-state index in [1.54, 1.807) is 23.1 Å². The van der Waals surface area contributed by atoms with Crippen LogP contribution in [0.2, 0.25) is 5.15 Å². The van der Waals surface area contributed by atoms with Gasteiger partial charge in [-0.1, -0.05) is 23.8 Å². The predicted molar refractivity (Wildman–Crippen MR) is 84.1 cm³/mol. The van der Waals surface area contributed by atoms with Gasteiger partial charge in [0, 0.05) is 30.7 Å². The number of carbonyl (C=O) groups excluding carboxylic acids is 1. The smallest absolute Gasteiger partial charge is 0.247 e. The Kier molecular flexibility index (Phi) is 4.76. The molecule has 2 heterocycles. The minimum Gasteiger partial charge on any atom is -0.332 e. The molecule has 0 saturated heterocycles. The number of aromatic nitrogens is 2. The van der Waals surface area contributed by atoms with Crippen molar-refractivity contribution in [3.63, 3.8) is 0 Å². The molecule has 2 aromatic heterocycles. The molecule has 2 rings (SSSR count). The molecule has 0 aromatic carbocycles. The molecule has 0 aliphatic carbocycles. The molecule has 2 aromatic rings. The third kappa shape index (κ3) is 3.00. The van der Waals surface area contributed by atoms with Crippen LogP contribution in [0.4, 0.5) is 0 Å². The van der Waals surface area contributed by atoms with Gasteiger partial charge in [0.15, 0.2) is 10.1 Å². The number of hydrogen-bond acceptors (Lipinski definition) is 3. The van der Waals surface area contributed by atoms with Crippen LogP contribution in [0.5, 0.6) is 0 Å². The summed E-state index contributed by atoms with van der Waals surface area (Å²) in [5.41, 5.74) is 0.702. The minimum absolute atomic E-state index is 0.119. The molecular weight excluding hydrogens is 294 g/mol. The Bertz CT molecular complexity index is 661. The van der Waals surface area contributed by atoms with E-state index in [1.807, 2.05) is 16.0 Å². The lowest BCUT2D eigenvalue weighted by Crippen LogP contribution is -2.29. The van der Waals surface area contributed by atoms with Crippen molar-refractivity contribution in [1.29, 1.82) is 0 Å². The van der Waals surface area contributed by atoms with Crippen LogP contribution in [0.3, 0.4) is 0 Å². The van der Waals surface area contributed by atoms with Gasteiger partial charge in [0.05, 0.1) is 5.69 Å². The highest BCUT2D eigenvalue weighted by Gasteiger charge is 2.10. The van der Waals surface area contributed by atoms with Gasteiger partial charge < -0.3 is 4.90 Å². The zero-order valence-corrected chi connectivity index (χ0v) is 12.4. The van der Waals surface area contributed by atoms with Crippen molar-refractivity contribution >= 4 is 39.9 Å². The van der Waals surface area contributed by atoms with Gasteiger partial charge in [0.2, 0.25) is 5.91 Å². The number of nitrogens with zero attached hydrogens (tertiary/aromatic N) is 3. The van der Waals surface area contributed by atoms with Crippen LogP contribution in [0.25, 0.3) is 11.0 Å². The first-order valence-electron chi connectivity index (χ1n) is 5.97. The van der Waals surface area contributed by atoms with E-state index in [9.17, 15) is 4.79 Å². The molecule has 0 N–H and O–H groups in total. The maximum atomic E-state index is 12.1. The summed E-state index contributed by atoms with van der Waals surface area (Å²) in [5, 5.41) is 2.31. The van der Waals surface area contributed by atoms with E-state index in [0.717, 1.165) is 4.96 Å². The van der Waals surface area contributed by atoms with Crippen molar-refractivity contribution < 1.29 is 4.79 Å². The molecular formula is C14H14ClN3OS. The van der Waals surface area contributed by atoms with Gasteiger partial charge in [-0.25, -0.2) is 4.98 Å². The van der Waals surface area contributed by atoms with Crippen molar-refractivity contribution in [2.45, 2.75) is 0 Å². The first-order valence-corrected chi connectivity index (χ1v) is 7.23. The van der Waals surface area contributed by atoms with Gasteiger partial charge >= 0.3 is 0 Å². The summed E-state index contributed by atoms with van der Waals surface area (Å²) in [6.07, 6.45) is 8.39. The standard InChI is InChI=1S/C14H14ClN3OS/c1-3-7-17(8-4-2)12(19)6-5-11-13(15)16-14-18(11)9-10-20-14/h3-6,9-10H,1-2,7-8H2. The fraction of sp³-hybridized carbons (Fsp3) is 0.143. The highest BCUT2D eigenvalue weighted by atomic mass is 35.5. The molecule has 0 atom stereocenters. The van der Waals surface area contributed by atoms with E-state index in [4.69, 9.17) is 11.6 Å². The zero-order chi connectivity index (χ0) is 14.5. The van der Waals surface area contributed by atoms with Gasteiger partial charge in [-0.15, -0.1) is 24.5 Å². The lowest BCUT2D eigenvalue weighted by atomic mass is 10.3. The van der Waals surface area contributed by atoms with Crippen molar-refractivity contribution in [2.24, 2.45) is 0 Å². The molecule has 20 heavy (non-hydrogen) atoms. The van der Waals surface area contributed by atoms with E-state index >= 15 is 0 Å². The highest BCUT2D eigenvalue weighted by Crippen LogP contribution is 2.22. The number of carbonyl (C=O) groups is 1. The number of imidazole rings is 1. The Morgan fingerprint density at radius 3 is 2.80 bits per heavy atom. The molecule has 6 heteroatoms. The van der Waals surface area contributed by atoms with Crippen LogP contribution in [0, 0.1) is 0 Å². The molecule has 4 nitrogen and oxygen atoms in total. The second kappa shape index (κ2) is 6.54. The van der Waals surface area contributed by atoms with Crippen LogP contribution in [-0.4, -0.2) is 33.3 Å². The Balaban J connectivity index is 2.21. The largest absolute Gasteiger partial charge is 0.332 e. The molecule has 0 aliphatic heterocycles. The molecule has 0 unspecified atom stereocenters. The van der Waals surface area contributed by atoms with E-state index in [2.05, 4.69) is 18.1 Å². The lowest BCUT2D eigenvalue weighted by Gasteiger charge is -2.16. The van der Waals surface area contributed by atoms with Crippen molar-refractivity contribution in [3.8, 4) is 0 Å². The number of thiazole rings is 1. The first kappa shape index (κ1) is 14.6. The summed E-state index contributed by atoms with van der Waals surface area (Å²) in [5.74, 6) is -0.119. The van der Waals surface area contributed by atoms with Gasteiger partial charge in [-0.05, 0) is 6.08 Å². The van der Waals surface area contributed by atoms with Crippen LogP contribution in [0.1, 0.15) is 5.69 Å². The Hall–Kier alpha value is -1.85. The van der Waals surface area contributed by atoms with Gasteiger partial charge in [-0.2, -0.15) is 0 Å². The summed E-state index contributed by atoms with van der Waals surface area (Å²) in [4.78, 5) is 18.7. The average molecular weight is 308 g/mol. The van der Waals surface area contributed by atoms with Crippen LogP contribution in [-0.2, 0) is 4.79 Å². The van der Waals surface area contributed by atoms with E-state index in [1.165, 1.54) is 17.4 Å². The Labute approximate surface area is 126 Å². The average Bonchev–Trinajstić information content (AvgIpc) is 2.97. The summed E-state index contributed by atoms with van der Waals surface area (Å²) in [6, 6.07) is 0. The zero-order valence-electron chi connectivity index (χ0n) is 10.8. The van der Waals surface area contributed by atoms with Crippen LogP contribution in [0.15, 0.2) is 43.0 Å². The Morgan fingerprint density at radius 1 is 1.45 bits per heavy atom. The van der Waals surface area contributed by atoms with E-state index < -0.39 is 0 Å². The fourth-order valence-electron chi connectivity index (χ4n) is 1.75. The first-order chi connectivity index (χ1) is 9.67. The third-order valence-corrected chi connectivity index (χ3v) is 3.68. The summed E-state index contributed by atoms with van der Waals surface area (Å²) < 4.78 is 1.85. The Morgan fingerprint density at radius 2 is 2.15 bits per heavy atom. The number of hydrogen-bond donors (Lipinski definition) is 0. The molecule has 104 valence electrons. The lowest BCUT2D eigenvalue weighted by molar-refractivity contribution is -0.124. The van der Waals surface area contributed by atoms with Crippen molar-refractivity contribution in [3.05, 3.63) is 53.8 Å². The summed E-state index contributed by atoms with van der Waals surface area (Å²) in [7, 11) is 0. The number of rotatable bonds is 6. The van der Waals surface area contributed by atoms with Gasteiger partial charge in [-0.3, -0.25) is 9.20 Å². The molecule has 0 radical (unpaired) electrons. The topological polar surface area (TPSA) is 37.6 Å². The fourth-order valence-corrected chi connectivity index (χ4v) is 2.75. The second-order valence-electron chi connectivity index (χ2n) is 4.00. The SMILES string of the molecule is C=CCN(CC=C)C(=O)C=Cc1c(Cl)nc2sccn12. The molecule has 0 aliphatic rings. The van der Waals surface area contributed by atoms with Crippen LogP contribution < -0.4 is 0 Å². The van der Waals surface area contributed by atoms with Gasteiger partial charge in [0.1, 0.15) is 0 Å². The third-order valence-electron chi connectivity index (χ3n) is 2.65. The van der Waals surface area contributed by atoms with Crippen LogP contribution >= 0.6 is 22.9 Å². The van der Waals surface area contributed by atoms with E-state index in [0.29, 0.717) is 23.9 Å². The number of fused-ring (bicyclic) bond motifs is 1. The molecule has 1 amide bonds. The quantitative estimate of drug-likeness (QED) is 0.607. The molecule has 0 spiro atoms. The second-order valence-corrected chi connectivity index (χ2v) is 5.23. The molecule has 0 saturated carbocycles. The number of halogens is 1. The summed E-state index contributed by atoms with van der Waals surface area (Å²) in [6.45, 7) is 8.23. The normalized spacial score (nSPS) is 11.1.